The van der Waals surface area contributed by atoms with Crippen LogP contribution in [0.2, 0.25) is 0 Å². The number of aliphatic carboxylic acids is 1. The standard InChI is InChI=1S/C17H28N2O6S/c1-2-3-9-26(23,24)19-7-4-5-14(19)15(20)18-10-13-11-25-8-6-17(13,12-18)16(21)22/h13-14H,2-12H2,1H3,(H,21,22)/t13-,14?,17+/m0/s1. The third kappa shape index (κ3) is 3.36. The lowest BCUT2D eigenvalue weighted by Crippen LogP contribution is -2.49. The highest BCUT2D eigenvalue weighted by Crippen LogP contribution is 2.43. The molecule has 1 N–H and O–H groups in total. The highest BCUT2D eigenvalue weighted by Gasteiger charge is 2.56. The summed E-state index contributed by atoms with van der Waals surface area (Å²) in [4.78, 5) is 26.5. The van der Waals surface area contributed by atoms with Crippen LogP contribution in [-0.2, 0) is 24.3 Å². The second-order valence-electron chi connectivity index (χ2n) is 7.64. The smallest absolute Gasteiger partial charge is 0.311 e. The second kappa shape index (κ2) is 7.44. The summed E-state index contributed by atoms with van der Waals surface area (Å²) in [6, 6.07) is -0.691. The summed E-state index contributed by atoms with van der Waals surface area (Å²) in [5.41, 5.74) is -0.960. The third-order valence-corrected chi connectivity index (χ3v) is 8.00. The number of hydrogen-bond donors (Lipinski definition) is 1. The summed E-state index contributed by atoms with van der Waals surface area (Å²) in [7, 11) is -3.46. The summed E-state index contributed by atoms with van der Waals surface area (Å²) < 4.78 is 31.9. The Hall–Kier alpha value is -1.19. The molecule has 9 heteroatoms. The van der Waals surface area contributed by atoms with Crippen LogP contribution in [0.1, 0.15) is 39.0 Å². The molecule has 0 aliphatic carbocycles. The van der Waals surface area contributed by atoms with Crippen molar-refractivity contribution >= 4 is 21.9 Å². The lowest BCUT2D eigenvalue weighted by atomic mass is 9.74. The molecule has 3 rings (SSSR count). The number of carbonyl (C=O) groups excluding carboxylic acids is 1. The summed E-state index contributed by atoms with van der Waals surface area (Å²) in [5, 5.41) is 9.74. The van der Waals surface area contributed by atoms with Crippen molar-refractivity contribution in [1.29, 1.82) is 0 Å². The zero-order chi connectivity index (χ0) is 18.9. The molecule has 3 fully saturated rings. The molecule has 0 aromatic heterocycles. The van der Waals surface area contributed by atoms with Crippen molar-refractivity contribution in [3.05, 3.63) is 0 Å². The van der Waals surface area contributed by atoms with E-state index in [1.807, 2.05) is 6.92 Å². The van der Waals surface area contributed by atoms with Crippen molar-refractivity contribution in [3.8, 4) is 0 Å². The van der Waals surface area contributed by atoms with E-state index in [9.17, 15) is 23.1 Å². The molecule has 3 aliphatic heterocycles. The zero-order valence-corrected chi connectivity index (χ0v) is 16.0. The summed E-state index contributed by atoms with van der Waals surface area (Å²) in [6.07, 6.45) is 2.90. The third-order valence-electron chi connectivity index (χ3n) is 6.05. The molecule has 0 aromatic carbocycles. The predicted octanol–water partition coefficient (Wildman–Crippen LogP) is 0.530. The van der Waals surface area contributed by atoms with Crippen LogP contribution in [0.15, 0.2) is 0 Å². The number of fused-ring (bicyclic) bond motifs is 1. The van der Waals surface area contributed by atoms with E-state index in [4.69, 9.17) is 4.74 Å². The van der Waals surface area contributed by atoms with Crippen LogP contribution in [0.4, 0.5) is 0 Å². The summed E-state index contributed by atoms with van der Waals surface area (Å²) in [5.74, 6) is -1.31. The predicted molar refractivity (Wildman–Crippen MR) is 94.0 cm³/mol. The zero-order valence-electron chi connectivity index (χ0n) is 15.2. The Labute approximate surface area is 154 Å². The number of unbranched alkanes of at least 4 members (excludes halogenated alkanes) is 1. The van der Waals surface area contributed by atoms with Gasteiger partial charge >= 0.3 is 5.97 Å². The average molecular weight is 388 g/mol. The fourth-order valence-corrected chi connectivity index (χ4v) is 6.32. The molecule has 0 spiro atoms. The molecule has 0 bridgehead atoms. The van der Waals surface area contributed by atoms with Crippen LogP contribution in [0, 0.1) is 11.3 Å². The van der Waals surface area contributed by atoms with Gasteiger partial charge in [0.1, 0.15) is 6.04 Å². The van der Waals surface area contributed by atoms with Crippen LogP contribution >= 0.6 is 0 Å². The van der Waals surface area contributed by atoms with Crippen LogP contribution in [0.5, 0.6) is 0 Å². The molecule has 148 valence electrons. The highest BCUT2D eigenvalue weighted by molar-refractivity contribution is 7.89. The first kappa shape index (κ1) is 19.6. The molecular weight excluding hydrogens is 360 g/mol. The minimum atomic E-state index is -3.46. The number of ether oxygens (including phenoxy) is 1. The second-order valence-corrected chi connectivity index (χ2v) is 9.68. The molecule has 1 unspecified atom stereocenters. The number of sulfonamides is 1. The maximum atomic E-state index is 13.1. The first-order valence-corrected chi connectivity index (χ1v) is 11.0. The number of likely N-dealkylation sites (tertiary alicyclic amines) is 1. The Morgan fingerprint density at radius 2 is 2.12 bits per heavy atom. The van der Waals surface area contributed by atoms with Crippen molar-refractivity contribution in [3.63, 3.8) is 0 Å². The quantitative estimate of drug-likeness (QED) is 0.712. The average Bonchev–Trinajstić information content (AvgIpc) is 3.25. The first-order chi connectivity index (χ1) is 12.3. The number of nitrogens with zero attached hydrogens (tertiary/aromatic N) is 2. The van der Waals surface area contributed by atoms with Crippen molar-refractivity contribution in [2.75, 3.05) is 38.6 Å². The van der Waals surface area contributed by atoms with Gasteiger partial charge in [-0.05, 0) is 25.7 Å². The van der Waals surface area contributed by atoms with Crippen molar-refractivity contribution in [1.82, 2.24) is 9.21 Å². The highest BCUT2D eigenvalue weighted by atomic mass is 32.2. The SMILES string of the molecule is CCCCS(=O)(=O)N1CCCC1C(=O)N1C[C@H]2COCC[C@@]2(C(=O)O)C1. The molecule has 0 radical (unpaired) electrons. The van der Waals surface area contributed by atoms with Gasteiger partial charge in [-0.3, -0.25) is 9.59 Å². The van der Waals surface area contributed by atoms with Crippen LogP contribution in [-0.4, -0.2) is 79.2 Å². The monoisotopic (exact) mass is 388 g/mol. The fourth-order valence-electron chi connectivity index (χ4n) is 4.44. The molecule has 0 saturated carbocycles. The Morgan fingerprint density at radius 1 is 1.35 bits per heavy atom. The lowest BCUT2D eigenvalue weighted by Gasteiger charge is -2.34. The van der Waals surface area contributed by atoms with Crippen molar-refractivity contribution < 1.29 is 27.9 Å². The van der Waals surface area contributed by atoms with E-state index < -0.39 is 27.4 Å². The van der Waals surface area contributed by atoms with E-state index in [1.54, 1.807) is 4.90 Å². The fraction of sp³-hybridized carbons (Fsp3) is 0.882. The lowest BCUT2D eigenvalue weighted by molar-refractivity contribution is -0.157. The Morgan fingerprint density at radius 3 is 2.77 bits per heavy atom. The molecule has 0 aromatic rings. The van der Waals surface area contributed by atoms with E-state index in [-0.39, 0.29) is 24.1 Å². The molecular formula is C17H28N2O6S. The minimum Gasteiger partial charge on any atom is -0.481 e. The van der Waals surface area contributed by atoms with E-state index in [0.717, 1.165) is 6.42 Å². The van der Waals surface area contributed by atoms with Gasteiger partial charge in [-0.2, -0.15) is 4.31 Å². The van der Waals surface area contributed by atoms with E-state index in [2.05, 4.69) is 0 Å². The van der Waals surface area contributed by atoms with Gasteiger partial charge in [0.25, 0.3) is 0 Å². The first-order valence-electron chi connectivity index (χ1n) is 9.41. The van der Waals surface area contributed by atoms with E-state index >= 15 is 0 Å². The van der Waals surface area contributed by atoms with Crippen LogP contribution in [0.3, 0.4) is 0 Å². The largest absolute Gasteiger partial charge is 0.481 e. The van der Waals surface area contributed by atoms with Gasteiger partial charge in [0.15, 0.2) is 0 Å². The van der Waals surface area contributed by atoms with E-state index in [0.29, 0.717) is 52.0 Å². The molecule has 3 heterocycles. The molecule has 8 nitrogen and oxygen atoms in total. The number of carboxylic acid groups (broad SMARTS) is 1. The van der Waals surface area contributed by atoms with Crippen LogP contribution in [0.25, 0.3) is 0 Å². The maximum absolute atomic E-state index is 13.1. The Bertz CT molecular complexity index is 666. The van der Waals surface area contributed by atoms with Gasteiger partial charge < -0.3 is 14.7 Å². The molecule has 3 atom stereocenters. The van der Waals surface area contributed by atoms with Crippen molar-refractivity contribution in [2.45, 2.75) is 45.1 Å². The minimum absolute atomic E-state index is 0.0583. The molecule has 3 saturated heterocycles. The Balaban J connectivity index is 1.76. The van der Waals surface area contributed by atoms with Gasteiger partial charge in [-0.1, -0.05) is 13.3 Å². The number of amides is 1. The van der Waals surface area contributed by atoms with Crippen molar-refractivity contribution in [2.24, 2.45) is 11.3 Å². The Kier molecular flexibility index (Phi) is 5.60. The molecule has 26 heavy (non-hydrogen) atoms. The number of carboxylic acids is 1. The van der Waals surface area contributed by atoms with Gasteiger partial charge in [-0.15, -0.1) is 0 Å². The summed E-state index contributed by atoms with van der Waals surface area (Å²) >= 11 is 0. The van der Waals surface area contributed by atoms with E-state index in [1.165, 1.54) is 4.31 Å². The number of hydrogen-bond acceptors (Lipinski definition) is 5. The normalized spacial score (nSPS) is 32.6. The number of carbonyl (C=O) groups is 2. The van der Waals surface area contributed by atoms with Crippen LogP contribution < -0.4 is 0 Å². The topological polar surface area (TPSA) is 104 Å². The molecule has 3 aliphatic rings. The molecule has 1 amide bonds. The van der Waals surface area contributed by atoms with Gasteiger partial charge in [0.05, 0.1) is 17.8 Å². The van der Waals surface area contributed by atoms with Gasteiger partial charge in [-0.25, -0.2) is 8.42 Å². The summed E-state index contributed by atoms with van der Waals surface area (Å²) in [6.45, 7) is 3.48. The maximum Gasteiger partial charge on any atom is 0.311 e. The van der Waals surface area contributed by atoms with Gasteiger partial charge in [0, 0.05) is 32.2 Å². The van der Waals surface area contributed by atoms with Gasteiger partial charge in [0.2, 0.25) is 15.9 Å². The number of rotatable bonds is 6.